The summed E-state index contributed by atoms with van der Waals surface area (Å²) in [5, 5.41) is 18.5. The lowest BCUT2D eigenvalue weighted by Crippen LogP contribution is -2.18. The Morgan fingerprint density at radius 1 is 1.44 bits per heavy atom. The van der Waals surface area contributed by atoms with Crippen molar-refractivity contribution in [2.45, 2.75) is 18.3 Å². The first-order valence-electron chi connectivity index (χ1n) is 4.01. The zero-order valence-corrected chi connectivity index (χ0v) is 9.34. The van der Waals surface area contributed by atoms with E-state index in [9.17, 15) is 18.3 Å². The molecule has 0 radical (unpaired) electrons. The summed E-state index contributed by atoms with van der Waals surface area (Å²) in [6.45, 7) is -0.608. The minimum atomic E-state index is -4.94. The molecule has 16 heavy (non-hydrogen) atoms. The Morgan fingerprint density at radius 2 is 2.06 bits per heavy atom. The lowest BCUT2D eigenvalue weighted by Gasteiger charge is -2.12. The fourth-order valence-electron chi connectivity index (χ4n) is 1.03. The summed E-state index contributed by atoms with van der Waals surface area (Å²) in [6, 6.07) is 0. The molecule has 1 rings (SSSR count). The third-order valence-corrected chi connectivity index (χ3v) is 2.33. The van der Waals surface area contributed by atoms with Crippen molar-refractivity contribution < 1.29 is 28.1 Å². The number of aliphatic hydroxyl groups excluding tert-OH is 1. The van der Waals surface area contributed by atoms with E-state index in [1.807, 2.05) is 0 Å². The molecule has 4 nitrogen and oxygen atoms in total. The number of ether oxygens (including phenoxy) is 1. The molecule has 0 atom stereocenters. The highest BCUT2D eigenvalue weighted by Crippen LogP contribution is 2.34. The number of aliphatic hydroxyl groups is 1. The molecule has 1 aromatic heterocycles. The quantitative estimate of drug-likeness (QED) is 0.839. The maximum atomic E-state index is 11.9. The van der Waals surface area contributed by atoms with E-state index in [0.29, 0.717) is 5.56 Å². The van der Waals surface area contributed by atoms with Crippen LogP contribution in [0.1, 0.15) is 11.1 Å². The van der Waals surface area contributed by atoms with Crippen LogP contribution in [0, 0.1) is 0 Å². The van der Waals surface area contributed by atoms with Gasteiger partial charge in [0, 0.05) is 17.1 Å². The predicted octanol–water partition coefficient (Wildman–Crippen LogP) is 2.07. The normalized spacial score (nSPS) is 11.6. The van der Waals surface area contributed by atoms with Crippen LogP contribution in [0.5, 0.6) is 11.6 Å². The molecule has 0 spiro atoms. The standard InChI is InChI=1S/C8H7BrF3NO3/c9-1-4-2-13-7(16-8(10,11)12)6(15)5(4)3-14/h2,14-15H,1,3H2. The van der Waals surface area contributed by atoms with Gasteiger partial charge in [-0.2, -0.15) is 0 Å². The number of hydrogen-bond acceptors (Lipinski definition) is 4. The number of nitrogens with zero attached hydrogens (tertiary/aromatic N) is 1. The molecule has 8 heteroatoms. The van der Waals surface area contributed by atoms with Gasteiger partial charge in [0.2, 0.25) is 0 Å². The lowest BCUT2D eigenvalue weighted by molar-refractivity contribution is -0.276. The lowest BCUT2D eigenvalue weighted by atomic mass is 10.1. The van der Waals surface area contributed by atoms with Crippen molar-refractivity contribution in [3.05, 3.63) is 17.3 Å². The number of pyridine rings is 1. The zero-order chi connectivity index (χ0) is 12.3. The highest BCUT2D eigenvalue weighted by atomic mass is 79.9. The average molecular weight is 302 g/mol. The van der Waals surface area contributed by atoms with Gasteiger partial charge in [0.1, 0.15) is 0 Å². The van der Waals surface area contributed by atoms with Crippen LogP contribution in [0.3, 0.4) is 0 Å². The van der Waals surface area contributed by atoms with Crippen LogP contribution in [0.4, 0.5) is 13.2 Å². The van der Waals surface area contributed by atoms with Gasteiger partial charge in [0.25, 0.3) is 5.88 Å². The summed E-state index contributed by atoms with van der Waals surface area (Å²) in [5.41, 5.74) is 0.334. The molecule has 0 fully saturated rings. The van der Waals surface area contributed by atoms with E-state index in [2.05, 4.69) is 25.7 Å². The molecule has 90 valence electrons. The molecule has 0 amide bonds. The molecule has 1 heterocycles. The van der Waals surface area contributed by atoms with Gasteiger partial charge in [-0.25, -0.2) is 4.98 Å². The van der Waals surface area contributed by atoms with Gasteiger partial charge in [0.05, 0.1) is 6.61 Å². The van der Waals surface area contributed by atoms with E-state index in [1.165, 1.54) is 0 Å². The van der Waals surface area contributed by atoms with E-state index < -0.39 is 24.6 Å². The van der Waals surface area contributed by atoms with E-state index >= 15 is 0 Å². The Balaban J connectivity index is 3.14. The van der Waals surface area contributed by atoms with Crippen molar-refractivity contribution in [3.8, 4) is 11.6 Å². The van der Waals surface area contributed by atoms with Crippen LogP contribution in [0.25, 0.3) is 0 Å². The highest BCUT2D eigenvalue weighted by Gasteiger charge is 2.33. The predicted molar refractivity (Wildman–Crippen MR) is 51.1 cm³/mol. The van der Waals surface area contributed by atoms with Gasteiger partial charge >= 0.3 is 6.36 Å². The van der Waals surface area contributed by atoms with Crippen LogP contribution >= 0.6 is 15.9 Å². The number of hydrogen-bond donors (Lipinski definition) is 2. The first-order chi connectivity index (χ1) is 7.39. The van der Waals surface area contributed by atoms with Gasteiger partial charge in [0.15, 0.2) is 5.75 Å². The smallest absolute Gasteiger partial charge is 0.503 e. The fraction of sp³-hybridized carbons (Fsp3) is 0.375. The Bertz CT molecular complexity index is 384. The molecule has 1 aromatic rings. The Labute approximate surface area is 96.8 Å². The molecule has 0 saturated heterocycles. The third-order valence-electron chi connectivity index (χ3n) is 1.73. The van der Waals surface area contributed by atoms with Gasteiger partial charge in [-0.1, -0.05) is 15.9 Å². The Morgan fingerprint density at radius 3 is 2.50 bits per heavy atom. The molecule has 0 saturated carbocycles. The number of alkyl halides is 4. The summed E-state index contributed by atoms with van der Waals surface area (Å²) >= 11 is 3.04. The van der Waals surface area contributed by atoms with Crippen molar-refractivity contribution in [2.75, 3.05) is 0 Å². The molecule has 0 aliphatic rings. The van der Waals surface area contributed by atoms with Crippen molar-refractivity contribution >= 4 is 15.9 Å². The highest BCUT2D eigenvalue weighted by molar-refractivity contribution is 9.08. The third kappa shape index (κ3) is 2.99. The molecule has 0 unspecified atom stereocenters. The minimum absolute atomic E-state index is 0.0499. The molecular formula is C8H7BrF3NO3. The molecular weight excluding hydrogens is 295 g/mol. The monoisotopic (exact) mass is 301 g/mol. The van der Waals surface area contributed by atoms with Gasteiger partial charge < -0.3 is 14.9 Å². The first-order valence-corrected chi connectivity index (χ1v) is 5.13. The maximum absolute atomic E-state index is 11.9. The molecule has 0 bridgehead atoms. The molecule has 2 N–H and O–H groups in total. The van der Waals surface area contributed by atoms with Crippen molar-refractivity contribution in [1.29, 1.82) is 0 Å². The SMILES string of the molecule is OCc1c(CBr)cnc(OC(F)(F)F)c1O. The van der Waals surface area contributed by atoms with Gasteiger partial charge in [-0.05, 0) is 5.56 Å². The number of aromatic nitrogens is 1. The Hall–Kier alpha value is -1.02. The van der Waals surface area contributed by atoms with Crippen LogP contribution in [0.15, 0.2) is 6.20 Å². The second-order valence-electron chi connectivity index (χ2n) is 2.76. The topological polar surface area (TPSA) is 62.6 Å². The fourth-order valence-corrected chi connectivity index (χ4v) is 1.52. The van der Waals surface area contributed by atoms with E-state index in [0.717, 1.165) is 6.20 Å². The second kappa shape index (κ2) is 4.88. The zero-order valence-electron chi connectivity index (χ0n) is 7.75. The van der Waals surface area contributed by atoms with Crippen LogP contribution in [-0.4, -0.2) is 21.6 Å². The average Bonchev–Trinajstić information content (AvgIpc) is 2.19. The van der Waals surface area contributed by atoms with Crippen molar-refractivity contribution in [2.24, 2.45) is 0 Å². The minimum Gasteiger partial charge on any atom is -0.503 e. The molecule has 0 aromatic carbocycles. The van der Waals surface area contributed by atoms with Gasteiger partial charge in [-0.3, -0.25) is 0 Å². The van der Waals surface area contributed by atoms with Crippen LogP contribution < -0.4 is 4.74 Å². The number of halogens is 4. The molecule has 0 aliphatic heterocycles. The van der Waals surface area contributed by atoms with E-state index in [-0.39, 0.29) is 10.9 Å². The largest absolute Gasteiger partial charge is 0.574 e. The summed E-state index contributed by atoms with van der Waals surface area (Å²) in [7, 11) is 0. The number of aromatic hydroxyl groups is 1. The second-order valence-corrected chi connectivity index (χ2v) is 3.32. The summed E-state index contributed by atoms with van der Waals surface area (Å²) < 4.78 is 39.2. The van der Waals surface area contributed by atoms with Gasteiger partial charge in [-0.15, -0.1) is 13.2 Å². The maximum Gasteiger partial charge on any atom is 0.574 e. The van der Waals surface area contributed by atoms with Crippen LogP contribution in [-0.2, 0) is 11.9 Å². The summed E-state index contributed by atoms with van der Waals surface area (Å²) in [4.78, 5) is 3.31. The first kappa shape index (κ1) is 13.0. The van der Waals surface area contributed by atoms with Crippen molar-refractivity contribution in [3.63, 3.8) is 0 Å². The van der Waals surface area contributed by atoms with Crippen LogP contribution in [0.2, 0.25) is 0 Å². The van der Waals surface area contributed by atoms with Crippen molar-refractivity contribution in [1.82, 2.24) is 4.98 Å². The number of rotatable bonds is 3. The Kier molecular flexibility index (Phi) is 3.98. The molecule has 0 aliphatic carbocycles. The summed E-state index contributed by atoms with van der Waals surface area (Å²) in [5.74, 6) is -1.78. The van der Waals surface area contributed by atoms with E-state index in [1.54, 1.807) is 0 Å². The summed E-state index contributed by atoms with van der Waals surface area (Å²) in [6.07, 6.45) is -3.85. The van der Waals surface area contributed by atoms with E-state index in [4.69, 9.17) is 5.11 Å².